The van der Waals surface area contributed by atoms with E-state index in [-0.39, 0.29) is 12.4 Å². The number of aryl methyl sites for hydroxylation is 1. The molecule has 96 valence electrons. The second-order valence-corrected chi connectivity index (χ2v) is 6.05. The van der Waals surface area contributed by atoms with Gasteiger partial charge in [0.25, 0.3) is 0 Å². The van der Waals surface area contributed by atoms with Crippen LogP contribution < -0.4 is 0 Å². The number of halogens is 3. The summed E-state index contributed by atoms with van der Waals surface area (Å²) in [4.78, 5) is 19.1. The summed E-state index contributed by atoms with van der Waals surface area (Å²) >= 11 is 17.4. The molecule has 0 fully saturated rings. The number of rotatable bonds is 2. The van der Waals surface area contributed by atoms with Gasteiger partial charge in [0.1, 0.15) is 12.1 Å². The highest BCUT2D eigenvalue weighted by Crippen LogP contribution is 2.38. The highest BCUT2D eigenvalue weighted by molar-refractivity contribution is 6.66. The fourth-order valence-corrected chi connectivity index (χ4v) is 2.05. The number of aliphatic carboxylic acids is 1. The summed E-state index contributed by atoms with van der Waals surface area (Å²) in [5, 5.41) is 8.88. The molecule has 0 aliphatic heterocycles. The van der Waals surface area contributed by atoms with Crippen molar-refractivity contribution in [3.05, 3.63) is 23.7 Å². The zero-order valence-electron chi connectivity index (χ0n) is 9.19. The molecule has 0 bridgehead atoms. The summed E-state index contributed by atoms with van der Waals surface area (Å²) in [5.41, 5.74) is 1.76. The number of hydrogen-bond acceptors (Lipinski definition) is 3. The first-order valence-electron chi connectivity index (χ1n) is 4.91. The fourth-order valence-electron chi connectivity index (χ4n) is 1.61. The van der Waals surface area contributed by atoms with Crippen molar-refractivity contribution in [3.8, 4) is 0 Å². The molecule has 1 N–H and O–H groups in total. The molecule has 2 aromatic heterocycles. The molecule has 0 aliphatic rings. The van der Waals surface area contributed by atoms with Gasteiger partial charge in [0.2, 0.25) is 3.79 Å². The maximum Gasteiger partial charge on any atom is 0.323 e. The van der Waals surface area contributed by atoms with E-state index < -0.39 is 9.76 Å². The molecule has 0 saturated carbocycles. The first-order chi connectivity index (χ1) is 8.29. The largest absolute Gasteiger partial charge is 0.480 e. The number of carbonyl (C=O) groups is 1. The molecule has 0 radical (unpaired) electrons. The third-order valence-electron chi connectivity index (χ3n) is 2.27. The molecule has 2 rings (SSSR count). The summed E-state index contributed by atoms with van der Waals surface area (Å²) < 4.78 is -0.520. The van der Waals surface area contributed by atoms with E-state index in [0.29, 0.717) is 11.2 Å². The van der Waals surface area contributed by atoms with Crippen molar-refractivity contribution in [3.63, 3.8) is 0 Å². The van der Waals surface area contributed by atoms with Gasteiger partial charge in [0.05, 0.1) is 0 Å². The van der Waals surface area contributed by atoms with E-state index in [1.165, 1.54) is 4.57 Å². The molecule has 0 spiro atoms. The topological polar surface area (TPSA) is 68.0 Å². The molecule has 0 saturated heterocycles. The summed E-state index contributed by atoms with van der Waals surface area (Å²) in [6, 6.07) is 1.75. The Labute approximate surface area is 117 Å². The number of carboxylic acid groups (broad SMARTS) is 1. The zero-order valence-corrected chi connectivity index (χ0v) is 11.5. The van der Waals surface area contributed by atoms with E-state index in [0.717, 1.165) is 5.56 Å². The lowest BCUT2D eigenvalue weighted by molar-refractivity contribution is -0.137. The van der Waals surface area contributed by atoms with Gasteiger partial charge in [-0.2, -0.15) is 0 Å². The SMILES string of the molecule is Cc1cnc2c(c1)nc(C(Cl)(Cl)Cl)n2CC(=O)O. The van der Waals surface area contributed by atoms with Crippen molar-refractivity contribution >= 4 is 51.9 Å². The predicted molar refractivity (Wildman–Crippen MR) is 69.1 cm³/mol. The van der Waals surface area contributed by atoms with Gasteiger partial charge in [-0.3, -0.25) is 9.36 Å². The monoisotopic (exact) mass is 307 g/mol. The highest BCUT2D eigenvalue weighted by atomic mass is 35.6. The van der Waals surface area contributed by atoms with Crippen LogP contribution in [-0.2, 0) is 15.1 Å². The summed E-state index contributed by atoms with van der Waals surface area (Å²) in [5.74, 6) is -1.02. The summed E-state index contributed by atoms with van der Waals surface area (Å²) in [7, 11) is 0. The Morgan fingerprint density at radius 3 is 2.72 bits per heavy atom. The van der Waals surface area contributed by atoms with Gasteiger partial charge in [0, 0.05) is 6.20 Å². The second-order valence-electron chi connectivity index (χ2n) is 3.77. The predicted octanol–water partition coefficient (Wildman–Crippen LogP) is 2.65. The third kappa shape index (κ3) is 2.53. The van der Waals surface area contributed by atoms with E-state index in [2.05, 4.69) is 9.97 Å². The van der Waals surface area contributed by atoms with Crippen LogP contribution in [0.4, 0.5) is 0 Å². The minimum Gasteiger partial charge on any atom is -0.480 e. The zero-order chi connectivity index (χ0) is 13.5. The molecule has 0 unspecified atom stereocenters. The molecule has 0 aromatic carbocycles. The number of carboxylic acids is 1. The van der Waals surface area contributed by atoms with Gasteiger partial charge in [-0.15, -0.1) is 0 Å². The van der Waals surface area contributed by atoms with E-state index in [1.807, 2.05) is 6.92 Å². The Bertz CT molecular complexity index is 619. The number of nitrogens with zero attached hydrogens (tertiary/aromatic N) is 3. The van der Waals surface area contributed by atoms with Crippen LogP contribution in [0.15, 0.2) is 12.3 Å². The fraction of sp³-hybridized carbons (Fsp3) is 0.300. The molecule has 5 nitrogen and oxygen atoms in total. The van der Waals surface area contributed by atoms with Gasteiger partial charge in [-0.05, 0) is 18.6 Å². The van der Waals surface area contributed by atoms with Crippen molar-refractivity contribution in [2.45, 2.75) is 17.3 Å². The Morgan fingerprint density at radius 1 is 1.50 bits per heavy atom. The second kappa shape index (κ2) is 4.57. The molecular weight excluding hydrogens is 300 g/mol. The molecule has 18 heavy (non-hydrogen) atoms. The molecule has 2 aromatic rings. The number of fused-ring (bicyclic) bond motifs is 1. The number of aromatic nitrogens is 3. The Morgan fingerprint density at radius 2 is 2.17 bits per heavy atom. The van der Waals surface area contributed by atoms with Crippen molar-refractivity contribution in [2.24, 2.45) is 0 Å². The van der Waals surface area contributed by atoms with Gasteiger partial charge in [0.15, 0.2) is 11.5 Å². The normalized spacial score (nSPS) is 12.0. The quantitative estimate of drug-likeness (QED) is 0.866. The lowest BCUT2D eigenvalue weighted by atomic mass is 10.3. The maximum absolute atomic E-state index is 10.9. The minimum absolute atomic E-state index is 0.0444. The maximum atomic E-state index is 10.9. The Hall–Kier alpha value is -1.04. The van der Waals surface area contributed by atoms with Crippen molar-refractivity contribution in [1.29, 1.82) is 0 Å². The molecule has 0 amide bonds. The van der Waals surface area contributed by atoms with Crippen LogP contribution >= 0.6 is 34.8 Å². The average Bonchev–Trinajstić information content (AvgIpc) is 2.55. The minimum atomic E-state index is -1.80. The van der Waals surface area contributed by atoms with E-state index in [4.69, 9.17) is 39.9 Å². The lowest BCUT2D eigenvalue weighted by Crippen LogP contribution is -2.17. The lowest BCUT2D eigenvalue weighted by Gasteiger charge is -2.11. The van der Waals surface area contributed by atoms with Crippen LogP contribution in [-0.4, -0.2) is 25.6 Å². The number of alkyl halides is 3. The van der Waals surface area contributed by atoms with Crippen LogP contribution in [0.1, 0.15) is 11.4 Å². The van der Waals surface area contributed by atoms with Crippen molar-refractivity contribution in [1.82, 2.24) is 14.5 Å². The molecule has 8 heteroatoms. The van der Waals surface area contributed by atoms with Crippen LogP contribution in [0.3, 0.4) is 0 Å². The summed E-state index contributed by atoms with van der Waals surface area (Å²) in [6.07, 6.45) is 1.60. The van der Waals surface area contributed by atoms with Crippen LogP contribution in [0.5, 0.6) is 0 Å². The Balaban J connectivity index is 2.72. The molecule has 0 aliphatic carbocycles. The van der Waals surface area contributed by atoms with E-state index >= 15 is 0 Å². The van der Waals surface area contributed by atoms with Crippen LogP contribution in [0.25, 0.3) is 11.2 Å². The van der Waals surface area contributed by atoms with Gasteiger partial charge >= 0.3 is 5.97 Å². The van der Waals surface area contributed by atoms with Crippen molar-refractivity contribution < 1.29 is 9.90 Å². The average molecular weight is 309 g/mol. The van der Waals surface area contributed by atoms with Crippen molar-refractivity contribution in [2.75, 3.05) is 0 Å². The number of imidazole rings is 1. The van der Waals surface area contributed by atoms with Gasteiger partial charge < -0.3 is 5.11 Å². The highest BCUT2D eigenvalue weighted by Gasteiger charge is 2.31. The number of hydrogen-bond donors (Lipinski definition) is 1. The van der Waals surface area contributed by atoms with Crippen LogP contribution in [0, 0.1) is 6.92 Å². The Kier molecular flexibility index (Phi) is 3.40. The van der Waals surface area contributed by atoms with E-state index in [9.17, 15) is 4.79 Å². The van der Waals surface area contributed by atoms with Gasteiger partial charge in [-0.1, -0.05) is 34.8 Å². The first kappa shape index (κ1) is 13.4. The van der Waals surface area contributed by atoms with Gasteiger partial charge in [-0.25, -0.2) is 9.97 Å². The van der Waals surface area contributed by atoms with Crippen LogP contribution in [0.2, 0.25) is 0 Å². The first-order valence-corrected chi connectivity index (χ1v) is 6.04. The van der Waals surface area contributed by atoms with E-state index in [1.54, 1.807) is 12.3 Å². The summed E-state index contributed by atoms with van der Waals surface area (Å²) in [6.45, 7) is 1.48. The molecule has 0 atom stereocenters. The molecule has 2 heterocycles. The molecular formula is C10H8Cl3N3O2. The standard InChI is InChI=1S/C10H8Cl3N3O2/c1-5-2-6-8(14-3-5)16(4-7(17)18)9(15-6)10(11,12)13/h2-3H,4H2,1H3,(H,17,18). The smallest absolute Gasteiger partial charge is 0.323 e. The third-order valence-corrected chi connectivity index (χ3v) is 2.78. The number of pyridine rings is 1.